The van der Waals surface area contributed by atoms with Crippen LogP contribution in [0.1, 0.15) is 5.56 Å². The van der Waals surface area contributed by atoms with Crippen LogP contribution < -0.4 is 4.72 Å². The molecule has 0 saturated carbocycles. The molecule has 0 aliphatic rings. The molecule has 0 bridgehead atoms. The van der Waals surface area contributed by atoms with Crippen LogP contribution in [0.15, 0.2) is 47.4 Å². The van der Waals surface area contributed by atoms with Crippen LogP contribution in [0.25, 0.3) is 5.76 Å². The summed E-state index contributed by atoms with van der Waals surface area (Å²) in [6, 6.07) is 7.58. The summed E-state index contributed by atoms with van der Waals surface area (Å²) in [6.07, 6.45) is 0.506. The van der Waals surface area contributed by atoms with Crippen molar-refractivity contribution >= 4 is 68.0 Å². The van der Waals surface area contributed by atoms with E-state index in [2.05, 4.69) is 4.72 Å². The SMILES string of the molecule is O=C(O)C(=O)/C=C(/O)c1cccc(NS(=O)(=O)c2cc(Cl)c(Cl)cc2Cl)c1. The van der Waals surface area contributed by atoms with Crippen LogP contribution in [0.4, 0.5) is 5.69 Å². The second-order valence-corrected chi connectivity index (χ2v) is 7.95. The van der Waals surface area contributed by atoms with Crippen molar-refractivity contribution in [2.24, 2.45) is 0 Å². The molecule has 7 nitrogen and oxygen atoms in total. The molecule has 0 heterocycles. The quantitative estimate of drug-likeness (QED) is 0.265. The van der Waals surface area contributed by atoms with Gasteiger partial charge in [0.1, 0.15) is 10.7 Å². The maximum absolute atomic E-state index is 12.5. The van der Waals surface area contributed by atoms with Gasteiger partial charge in [0, 0.05) is 17.3 Å². The fourth-order valence-electron chi connectivity index (χ4n) is 1.93. The van der Waals surface area contributed by atoms with Gasteiger partial charge in [-0.3, -0.25) is 9.52 Å². The maximum Gasteiger partial charge on any atom is 0.376 e. The van der Waals surface area contributed by atoms with Gasteiger partial charge in [0.15, 0.2) is 0 Å². The highest BCUT2D eigenvalue weighted by Crippen LogP contribution is 2.32. The highest BCUT2D eigenvalue weighted by atomic mass is 35.5. The Morgan fingerprint density at radius 1 is 0.963 bits per heavy atom. The van der Waals surface area contributed by atoms with E-state index in [0.717, 1.165) is 6.07 Å². The van der Waals surface area contributed by atoms with Gasteiger partial charge in [-0.1, -0.05) is 46.9 Å². The lowest BCUT2D eigenvalue weighted by atomic mass is 10.1. The molecule has 0 fully saturated rings. The van der Waals surface area contributed by atoms with Crippen molar-refractivity contribution < 1.29 is 28.2 Å². The third-order valence-electron chi connectivity index (χ3n) is 3.15. The zero-order valence-electron chi connectivity index (χ0n) is 13.1. The summed E-state index contributed by atoms with van der Waals surface area (Å²) in [6.45, 7) is 0. The number of rotatable bonds is 6. The van der Waals surface area contributed by atoms with E-state index in [1.807, 2.05) is 0 Å². The highest BCUT2D eigenvalue weighted by molar-refractivity contribution is 7.92. The molecule has 0 aliphatic heterocycles. The van der Waals surface area contributed by atoms with Gasteiger partial charge < -0.3 is 10.2 Å². The molecule has 0 spiro atoms. The number of hydrogen-bond acceptors (Lipinski definition) is 5. The summed E-state index contributed by atoms with van der Waals surface area (Å²) >= 11 is 17.5. The van der Waals surface area contributed by atoms with Crippen LogP contribution >= 0.6 is 34.8 Å². The first-order valence-corrected chi connectivity index (χ1v) is 9.58. The minimum absolute atomic E-state index is 0.0112. The van der Waals surface area contributed by atoms with Crippen LogP contribution in [0.5, 0.6) is 0 Å². The molecule has 11 heteroatoms. The number of nitrogens with one attached hydrogen (secondary N) is 1. The van der Waals surface area contributed by atoms with Gasteiger partial charge in [-0.25, -0.2) is 13.2 Å². The van der Waals surface area contributed by atoms with E-state index in [9.17, 15) is 23.1 Å². The summed E-state index contributed by atoms with van der Waals surface area (Å²) in [4.78, 5) is 21.4. The molecule has 0 aromatic heterocycles. The molecule has 0 amide bonds. The highest BCUT2D eigenvalue weighted by Gasteiger charge is 2.20. The summed E-state index contributed by atoms with van der Waals surface area (Å²) in [7, 11) is -4.15. The van der Waals surface area contributed by atoms with E-state index in [0.29, 0.717) is 6.08 Å². The van der Waals surface area contributed by atoms with Crippen molar-refractivity contribution in [3.63, 3.8) is 0 Å². The number of aliphatic hydroxyl groups is 1. The van der Waals surface area contributed by atoms with Gasteiger partial charge in [-0.15, -0.1) is 0 Å². The molecule has 0 saturated heterocycles. The fraction of sp³-hybridized carbons (Fsp3) is 0. The fourth-order valence-corrected chi connectivity index (χ4v) is 3.98. The number of anilines is 1. The number of hydrogen-bond donors (Lipinski definition) is 3. The zero-order chi connectivity index (χ0) is 20.4. The lowest BCUT2D eigenvalue weighted by Crippen LogP contribution is -2.14. The normalized spacial score (nSPS) is 11.9. The van der Waals surface area contributed by atoms with Gasteiger partial charge in [-0.05, 0) is 24.3 Å². The molecule has 3 N–H and O–H groups in total. The predicted octanol–water partition coefficient (Wildman–Crippen LogP) is 4.00. The minimum atomic E-state index is -4.15. The van der Waals surface area contributed by atoms with Crippen LogP contribution in [0.3, 0.4) is 0 Å². The third-order valence-corrected chi connectivity index (χ3v) is 5.72. The van der Waals surface area contributed by atoms with Crippen molar-refractivity contribution in [3.8, 4) is 0 Å². The molecule has 27 heavy (non-hydrogen) atoms. The molecule has 2 aromatic carbocycles. The molecule has 0 aliphatic carbocycles. The van der Waals surface area contributed by atoms with Crippen molar-refractivity contribution in [1.29, 1.82) is 0 Å². The second-order valence-electron chi connectivity index (χ2n) is 5.08. The number of halogens is 3. The van der Waals surface area contributed by atoms with Gasteiger partial charge in [0.25, 0.3) is 15.8 Å². The Labute approximate surface area is 168 Å². The van der Waals surface area contributed by atoms with Gasteiger partial charge in [0.2, 0.25) is 0 Å². The van der Waals surface area contributed by atoms with Crippen LogP contribution in [0, 0.1) is 0 Å². The summed E-state index contributed by atoms with van der Waals surface area (Å²) in [5.74, 6) is -3.72. The Kier molecular flexibility index (Phi) is 6.38. The molecule has 2 rings (SSSR count). The topological polar surface area (TPSA) is 121 Å². The molecule has 0 unspecified atom stereocenters. The number of carbonyl (C=O) groups is 2. The summed E-state index contributed by atoms with van der Waals surface area (Å²) < 4.78 is 27.3. The van der Waals surface area contributed by atoms with Crippen LogP contribution in [-0.4, -0.2) is 30.4 Å². The van der Waals surface area contributed by atoms with E-state index in [1.165, 1.54) is 30.3 Å². The Bertz CT molecular complexity index is 1070. The number of sulfonamides is 1. The zero-order valence-corrected chi connectivity index (χ0v) is 16.2. The van der Waals surface area contributed by atoms with E-state index in [-0.39, 0.29) is 31.2 Å². The molecule has 2 aromatic rings. The standard InChI is InChI=1S/C16H10Cl3NO6S/c17-10-5-12(19)15(6-11(10)18)27(25,26)20-9-3-1-2-8(4-9)13(21)7-14(22)16(23)24/h1-7,20-21H,(H,23,24)/b13-7+. The number of benzene rings is 2. The monoisotopic (exact) mass is 449 g/mol. The molecule has 0 radical (unpaired) electrons. The molecule has 0 atom stereocenters. The maximum atomic E-state index is 12.5. The average molecular weight is 451 g/mol. The van der Waals surface area contributed by atoms with Crippen molar-refractivity contribution in [1.82, 2.24) is 0 Å². The van der Waals surface area contributed by atoms with E-state index >= 15 is 0 Å². The van der Waals surface area contributed by atoms with Crippen LogP contribution in [-0.2, 0) is 19.6 Å². The Balaban J connectivity index is 2.37. The molecular weight excluding hydrogens is 441 g/mol. The molecular formula is C16H10Cl3NO6S. The molecule has 142 valence electrons. The van der Waals surface area contributed by atoms with E-state index in [1.54, 1.807) is 0 Å². The third kappa shape index (κ3) is 5.14. The number of carboxylic acids is 1. The van der Waals surface area contributed by atoms with Gasteiger partial charge in [0.05, 0.1) is 15.1 Å². The first kappa shape index (κ1) is 21.0. The summed E-state index contributed by atoms with van der Waals surface area (Å²) in [5, 5.41) is 18.3. The number of aliphatic hydroxyl groups excluding tert-OH is 1. The first-order valence-electron chi connectivity index (χ1n) is 6.97. The smallest absolute Gasteiger partial charge is 0.376 e. The lowest BCUT2D eigenvalue weighted by molar-refractivity contribution is -0.146. The van der Waals surface area contributed by atoms with Gasteiger partial charge in [-0.2, -0.15) is 0 Å². The number of carboxylic acid groups (broad SMARTS) is 1. The predicted molar refractivity (Wildman–Crippen MR) is 102 cm³/mol. The van der Waals surface area contributed by atoms with Crippen molar-refractivity contribution in [3.05, 3.63) is 63.1 Å². The number of carbonyl (C=O) groups excluding carboxylic acids is 1. The minimum Gasteiger partial charge on any atom is -0.507 e. The Morgan fingerprint density at radius 3 is 2.22 bits per heavy atom. The van der Waals surface area contributed by atoms with E-state index in [4.69, 9.17) is 39.9 Å². The Morgan fingerprint density at radius 2 is 1.59 bits per heavy atom. The summed E-state index contributed by atoms with van der Waals surface area (Å²) in [5.41, 5.74) is 0.0439. The average Bonchev–Trinajstić information content (AvgIpc) is 2.57. The van der Waals surface area contributed by atoms with Crippen LogP contribution in [0.2, 0.25) is 15.1 Å². The number of ketones is 1. The van der Waals surface area contributed by atoms with E-state index < -0.39 is 27.5 Å². The second kappa shape index (κ2) is 8.18. The van der Waals surface area contributed by atoms with Crippen molar-refractivity contribution in [2.75, 3.05) is 4.72 Å². The van der Waals surface area contributed by atoms with Gasteiger partial charge >= 0.3 is 5.97 Å². The Hall–Kier alpha value is -2.26. The van der Waals surface area contributed by atoms with Crippen molar-refractivity contribution in [2.45, 2.75) is 4.90 Å². The largest absolute Gasteiger partial charge is 0.507 e. The number of aliphatic carboxylic acids is 1. The lowest BCUT2D eigenvalue weighted by Gasteiger charge is -2.11. The first-order chi connectivity index (χ1) is 12.5.